The summed E-state index contributed by atoms with van der Waals surface area (Å²) in [7, 11) is 0. The Morgan fingerprint density at radius 3 is 2.58 bits per heavy atom. The molecule has 0 aliphatic carbocycles. The Balaban J connectivity index is 0.00000208. The number of nitrogens with zero attached hydrogens (tertiary/aromatic N) is 3. The van der Waals surface area contributed by atoms with Gasteiger partial charge in [-0.15, -0.1) is 24.0 Å². The van der Waals surface area contributed by atoms with Crippen LogP contribution < -0.4 is 5.32 Å². The normalized spacial score (nSPS) is 21.8. The summed E-state index contributed by atoms with van der Waals surface area (Å²) in [6.45, 7) is 8.35. The van der Waals surface area contributed by atoms with E-state index in [4.69, 9.17) is 4.99 Å². The van der Waals surface area contributed by atoms with Crippen LogP contribution in [0.15, 0.2) is 29.3 Å². The predicted molar refractivity (Wildman–Crippen MR) is 109 cm³/mol. The summed E-state index contributed by atoms with van der Waals surface area (Å²) in [5.74, 6) is 1.32. The molecule has 2 fully saturated rings. The predicted octanol–water partition coefficient (Wildman–Crippen LogP) is 2.65. The van der Waals surface area contributed by atoms with Crippen molar-refractivity contribution in [1.29, 1.82) is 0 Å². The third-order valence-electron chi connectivity index (χ3n) is 4.80. The highest BCUT2D eigenvalue weighted by Gasteiger charge is 2.30. The lowest BCUT2D eigenvalue weighted by molar-refractivity contribution is 0.249. The Labute approximate surface area is 162 Å². The van der Waals surface area contributed by atoms with Crippen LogP contribution in [0.25, 0.3) is 0 Å². The minimum absolute atomic E-state index is 0. The molecule has 134 valence electrons. The van der Waals surface area contributed by atoms with E-state index in [0.29, 0.717) is 18.3 Å². The maximum absolute atomic E-state index is 9.36. The van der Waals surface area contributed by atoms with E-state index in [0.717, 1.165) is 31.2 Å². The maximum Gasteiger partial charge on any atom is 0.194 e. The second kappa shape index (κ2) is 9.46. The molecule has 6 heteroatoms. The molecule has 0 saturated carbocycles. The van der Waals surface area contributed by atoms with Crippen LogP contribution in [-0.2, 0) is 6.54 Å². The van der Waals surface area contributed by atoms with E-state index < -0.39 is 0 Å². The molecule has 0 bridgehead atoms. The number of benzene rings is 1. The monoisotopic (exact) mass is 444 g/mol. The summed E-state index contributed by atoms with van der Waals surface area (Å²) in [5, 5.41) is 12.8. The molecule has 2 aliphatic heterocycles. The second-order valence-corrected chi connectivity index (χ2v) is 6.47. The Morgan fingerprint density at radius 1 is 1.21 bits per heavy atom. The van der Waals surface area contributed by atoms with Gasteiger partial charge in [0.05, 0.1) is 6.54 Å². The lowest BCUT2D eigenvalue weighted by Crippen LogP contribution is -2.42. The fraction of sp³-hybridized carbons (Fsp3) is 0.611. The van der Waals surface area contributed by atoms with Gasteiger partial charge in [-0.1, -0.05) is 12.1 Å². The van der Waals surface area contributed by atoms with E-state index in [2.05, 4.69) is 22.0 Å². The zero-order chi connectivity index (χ0) is 16.1. The zero-order valence-electron chi connectivity index (χ0n) is 14.4. The second-order valence-electron chi connectivity index (χ2n) is 6.47. The van der Waals surface area contributed by atoms with Gasteiger partial charge in [0.25, 0.3) is 0 Å². The first-order chi connectivity index (χ1) is 11.3. The molecule has 1 unspecified atom stereocenters. The first-order valence-electron chi connectivity index (χ1n) is 8.81. The topological polar surface area (TPSA) is 51.1 Å². The number of phenolic OH excluding ortho intramolecular Hbond substituents is 1. The van der Waals surface area contributed by atoms with Gasteiger partial charge >= 0.3 is 0 Å². The van der Waals surface area contributed by atoms with Gasteiger partial charge in [0.2, 0.25) is 0 Å². The molecule has 2 heterocycles. The van der Waals surface area contributed by atoms with Gasteiger partial charge in [0.1, 0.15) is 5.75 Å². The molecule has 0 radical (unpaired) electrons. The van der Waals surface area contributed by atoms with Gasteiger partial charge in [-0.2, -0.15) is 0 Å². The largest absolute Gasteiger partial charge is 0.508 e. The van der Waals surface area contributed by atoms with Crippen LogP contribution in [0.5, 0.6) is 5.75 Å². The first kappa shape index (κ1) is 19.3. The zero-order valence-corrected chi connectivity index (χ0v) is 16.8. The smallest absolute Gasteiger partial charge is 0.194 e. The summed E-state index contributed by atoms with van der Waals surface area (Å²) >= 11 is 0. The fourth-order valence-corrected chi connectivity index (χ4v) is 3.53. The highest BCUT2D eigenvalue weighted by atomic mass is 127. The van der Waals surface area contributed by atoms with E-state index >= 15 is 0 Å². The van der Waals surface area contributed by atoms with Gasteiger partial charge in [-0.25, -0.2) is 4.99 Å². The van der Waals surface area contributed by atoms with Crippen LogP contribution in [-0.4, -0.2) is 59.6 Å². The van der Waals surface area contributed by atoms with E-state index in [-0.39, 0.29) is 24.0 Å². The lowest BCUT2D eigenvalue weighted by atomic mass is 10.2. The number of guanidine groups is 1. The Kier molecular flexibility index (Phi) is 7.61. The summed E-state index contributed by atoms with van der Waals surface area (Å²) in [6.07, 6.45) is 3.95. The molecule has 0 amide bonds. The number of aromatic hydroxyl groups is 1. The molecule has 0 aromatic heterocycles. The van der Waals surface area contributed by atoms with Gasteiger partial charge in [-0.05, 0) is 57.0 Å². The third-order valence-corrected chi connectivity index (χ3v) is 4.80. The van der Waals surface area contributed by atoms with Gasteiger partial charge in [-0.3, -0.25) is 4.90 Å². The van der Waals surface area contributed by atoms with Crippen LogP contribution in [0.2, 0.25) is 0 Å². The quantitative estimate of drug-likeness (QED) is 0.426. The molecule has 2 N–H and O–H groups in total. The van der Waals surface area contributed by atoms with Gasteiger partial charge < -0.3 is 15.3 Å². The molecule has 5 nitrogen and oxygen atoms in total. The average Bonchev–Trinajstić information content (AvgIpc) is 3.24. The number of hydrogen-bond acceptors (Lipinski definition) is 3. The molecule has 1 atom stereocenters. The molecule has 3 rings (SSSR count). The maximum atomic E-state index is 9.36. The summed E-state index contributed by atoms with van der Waals surface area (Å²) < 4.78 is 0. The Bertz CT molecular complexity index is 528. The average molecular weight is 444 g/mol. The van der Waals surface area contributed by atoms with Crippen LogP contribution in [0.1, 0.15) is 31.7 Å². The van der Waals surface area contributed by atoms with Crippen molar-refractivity contribution in [2.75, 3.05) is 32.7 Å². The lowest BCUT2D eigenvalue weighted by Gasteiger charge is -2.25. The number of phenols is 1. The molecular formula is C18H29IN4O. The molecule has 24 heavy (non-hydrogen) atoms. The number of likely N-dealkylation sites (tertiary alicyclic amines) is 2. The number of rotatable bonds is 4. The van der Waals surface area contributed by atoms with Crippen LogP contribution in [0.3, 0.4) is 0 Å². The highest BCUT2D eigenvalue weighted by molar-refractivity contribution is 14.0. The molecule has 2 saturated heterocycles. The molecule has 1 aromatic carbocycles. The fourth-order valence-electron chi connectivity index (χ4n) is 3.53. The number of halogens is 1. The van der Waals surface area contributed by atoms with Gasteiger partial charge in [0, 0.05) is 25.7 Å². The van der Waals surface area contributed by atoms with Crippen LogP contribution in [0, 0.1) is 0 Å². The third kappa shape index (κ3) is 4.99. The number of aliphatic imine (C=N–C) groups is 1. The van der Waals surface area contributed by atoms with Crippen LogP contribution >= 0.6 is 24.0 Å². The van der Waals surface area contributed by atoms with Crippen molar-refractivity contribution < 1.29 is 5.11 Å². The van der Waals surface area contributed by atoms with E-state index in [1.165, 1.54) is 32.4 Å². The summed E-state index contributed by atoms with van der Waals surface area (Å²) in [4.78, 5) is 9.83. The minimum Gasteiger partial charge on any atom is -0.508 e. The number of nitrogens with one attached hydrogen (secondary N) is 1. The van der Waals surface area contributed by atoms with E-state index in [1.807, 2.05) is 12.1 Å². The molecule has 1 aromatic rings. The first-order valence-corrected chi connectivity index (χ1v) is 8.81. The Morgan fingerprint density at radius 2 is 1.92 bits per heavy atom. The van der Waals surface area contributed by atoms with Crippen molar-refractivity contribution in [3.05, 3.63) is 29.8 Å². The SMILES string of the molecule is CCNC(=NCc1ccc(O)cc1)N1CCC(N2CCCC2)C1.I. The van der Waals surface area contributed by atoms with E-state index in [9.17, 15) is 5.11 Å². The summed E-state index contributed by atoms with van der Waals surface area (Å²) in [6, 6.07) is 7.99. The van der Waals surface area contributed by atoms with Crippen molar-refractivity contribution in [2.24, 2.45) is 4.99 Å². The molecule has 0 spiro atoms. The van der Waals surface area contributed by atoms with E-state index in [1.54, 1.807) is 12.1 Å². The van der Waals surface area contributed by atoms with Crippen molar-refractivity contribution in [1.82, 2.24) is 15.1 Å². The summed E-state index contributed by atoms with van der Waals surface area (Å²) in [5.41, 5.74) is 1.12. The highest BCUT2D eigenvalue weighted by Crippen LogP contribution is 2.20. The minimum atomic E-state index is 0. The molecular weight excluding hydrogens is 415 g/mol. The van der Waals surface area contributed by atoms with Crippen molar-refractivity contribution in [3.63, 3.8) is 0 Å². The van der Waals surface area contributed by atoms with Gasteiger partial charge in [0.15, 0.2) is 5.96 Å². The Hall–Kier alpha value is -1.02. The van der Waals surface area contributed by atoms with Crippen molar-refractivity contribution in [3.8, 4) is 5.75 Å². The number of hydrogen-bond donors (Lipinski definition) is 2. The van der Waals surface area contributed by atoms with Crippen molar-refractivity contribution in [2.45, 2.75) is 38.8 Å². The molecule has 2 aliphatic rings. The van der Waals surface area contributed by atoms with Crippen LogP contribution in [0.4, 0.5) is 0 Å². The standard InChI is InChI=1S/C18H28N4O.HI/c1-2-19-18(20-13-15-5-7-17(23)8-6-15)22-12-9-16(14-22)21-10-3-4-11-21;/h5-8,16,23H,2-4,9-14H2,1H3,(H,19,20);1H. The van der Waals surface area contributed by atoms with Crippen molar-refractivity contribution >= 4 is 29.9 Å².